The van der Waals surface area contributed by atoms with Gasteiger partial charge in [-0.25, -0.2) is 0 Å². The van der Waals surface area contributed by atoms with E-state index in [1.165, 1.54) is 16.9 Å². The van der Waals surface area contributed by atoms with Gasteiger partial charge in [0.25, 0.3) is 0 Å². The molecule has 1 aromatic carbocycles. The van der Waals surface area contributed by atoms with Crippen molar-refractivity contribution in [1.29, 1.82) is 0 Å². The summed E-state index contributed by atoms with van der Waals surface area (Å²) in [6.45, 7) is 0. The van der Waals surface area contributed by atoms with Crippen LogP contribution in [0.25, 0.3) is 10.2 Å². The van der Waals surface area contributed by atoms with Gasteiger partial charge < -0.3 is 4.57 Å². The van der Waals surface area contributed by atoms with Crippen molar-refractivity contribution in [3.05, 3.63) is 33.4 Å². The van der Waals surface area contributed by atoms with E-state index in [0.717, 1.165) is 15.5 Å². The summed E-state index contributed by atoms with van der Waals surface area (Å²) in [6.07, 6.45) is 0. The Bertz CT molecular complexity index is 500. The molecule has 0 amide bonds. The molecule has 0 spiro atoms. The zero-order chi connectivity index (χ0) is 9.42. The van der Waals surface area contributed by atoms with Crippen molar-refractivity contribution in [2.45, 2.75) is 5.33 Å². The molecule has 0 N–H and O–H groups in total. The summed E-state index contributed by atoms with van der Waals surface area (Å²) in [4.78, 5) is 11.4. The van der Waals surface area contributed by atoms with Crippen molar-refractivity contribution in [2.24, 2.45) is 7.05 Å². The Morgan fingerprint density at radius 3 is 3.00 bits per heavy atom. The van der Waals surface area contributed by atoms with Gasteiger partial charge in [-0.1, -0.05) is 33.3 Å². The van der Waals surface area contributed by atoms with Crippen LogP contribution in [0.15, 0.2) is 23.0 Å². The highest BCUT2D eigenvalue weighted by molar-refractivity contribution is 9.08. The average molecular weight is 258 g/mol. The Balaban J connectivity index is 2.80. The van der Waals surface area contributed by atoms with E-state index < -0.39 is 0 Å². The van der Waals surface area contributed by atoms with Crippen molar-refractivity contribution in [3.63, 3.8) is 0 Å². The lowest BCUT2D eigenvalue weighted by molar-refractivity contribution is 0.938. The van der Waals surface area contributed by atoms with Crippen LogP contribution in [-0.4, -0.2) is 4.57 Å². The van der Waals surface area contributed by atoms with Gasteiger partial charge in [0.05, 0.1) is 10.2 Å². The third kappa shape index (κ3) is 1.44. The molecule has 4 heteroatoms. The summed E-state index contributed by atoms with van der Waals surface area (Å²) < 4.78 is 2.74. The molecule has 2 aromatic rings. The number of aromatic nitrogens is 1. The van der Waals surface area contributed by atoms with Crippen LogP contribution in [0.5, 0.6) is 0 Å². The fourth-order valence-corrected chi connectivity index (χ4v) is 2.55. The Hall–Kier alpha value is -0.610. The van der Waals surface area contributed by atoms with E-state index in [9.17, 15) is 4.79 Å². The van der Waals surface area contributed by atoms with Gasteiger partial charge >= 0.3 is 4.87 Å². The Morgan fingerprint density at radius 2 is 2.31 bits per heavy atom. The van der Waals surface area contributed by atoms with Crippen molar-refractivity contribution < 1.29 is 0 Å². The fraction of sp³-hybridized carbons (Fsp3) is 0.222. The summed E-state index contributed by atoms with van der Waals surface area (Å²) in [7, 11) is 1.80. The maximum absolute atomic E-state index is 11.3. The molecule has 1 aromatic heterocycles. The quantitative estimate of drug-likeness (QED) is 0.720. The van der Waals surface area contributed by atoms with Crippen LogP contribution >= 0.6 is 27.3 Å². The van der Waals surface area contributed by atoms with Gasteiger partial charge in [-0.15, -0.1) is 0 Å². The number of fused-ring (bicyclic) bond motifs is 1. The van der Waals surface area contributed by atoms with Gasteiger partial charge in [0.2, 0.25) is 0 Å². The van der Waals surface area contributed by atoms with Crippen LogP contribution in [0.1, 0.15) is 5.56 Å². The van der Waals surface area contributed by atoms with E-state index in [4.69, 9.17) is 0 Å². The number of aryl methyl sites for hydroxylation is 1. The molecule has 0 saturated heterocycles. The Kier molecular flexibility index (Phi) is 2.26. The van der Waals surface area contributed by atoms with Crippen LogP contribution in [0.3, 0.4) is 0 Å². The fourth-order valence-electron chi connectivity index (χ4n) is 1.26. The first-order chi connectivity index (χ1) is 6.22. The number of hydrogen-bond acceptors (Lipinski definition) is 2. The molecule has 0 aliphatic heterocycles. The molecular formula is C9H8BrNOS. The lowest BCUT2D eigenvalue weighted by atomic mass is 10.2. The van der Waals surface area contributed by atoms with Crippen molar-refractivity contribution in [3.8, 4) is 0 Å². The predicted molar refractivity (Wildman–Crippen MR) is 59.7 cm³/mol. The van der Waals surface area contributed by atoms with E-state index in [2.05, 4.69) is 22.0 Å². The molecule has 0 aliphatic carbocycles. The molecule has 0 aliphatic rings. The van der Waals surface area contributed by atoms with E-state index in [0.29, 0.717) is 0 Å². The summed E-state index contributed by atoms with van der Waals surface area (Å²) >= 11 is 4.68. The second kappa shape index (κ2) is 3.27. The second-order valence-corrected chi connectivity index (χ2v) is 4.42. The molecule has 68 valence electrons. The Morgan fingerprint density at radius 1 is 1.54 bits per heavy atom. The minimum atomic E-state index is 0.0988. The molecule has 0 radical (unpaired) electrons. The van der Waals surface area contributed by atoms with Gasteiger partial charge in [-0.3, -0.25) is 4.79 Å². The first-order valence-corrected chi connectivity index (χ1v) is 5.80. The van der Waals surface area contributed by atoms with Gasteiger partial charge in [-0.2, -0.15) is 0 Å². The number of halogens is 1. The molecule has 1 heterocycles. The smallest absolute Gasteiger partial charge is 0.302 e. The average Bonchev–Trinajstić information content (AvgIpc) is 2.42. The standard InChI is InChI=1S/C9H8BrNOS/c1-11-7-3-2-6(5-10)4-8(7)13-9(11)12/h2-4H,5H2,1H3. The summed E-state index contributed by atoms with van der Waals surface area (Å²) in [6, 6.07) is 6.07. The number of alkyl halides is 1. The van der Waals surface area contributed by atoms with E-state index >= 15 is 0 Å². The van der Waals surface area contributed by atoms with Gasteiger partial charge in [0.1, 0.15) is 0 Å². The lowest BCUT2D eigenvalue weighted by Gasteiger charge is -1.96. The molecule has 13 heavy (non-hydrogen) atoms. The minimum Gasteiger partial charge on any atom is -0.302 e. The third-order valence-corrected chi connectivity index (χ3v) is 3.65. The van der Waals surface area contributed by atoms with Crippen LogP contribution in [0, 0.1) is 0 Å². The summed E-state index contributed by atoms with van der Waals surface area (Å²) in [5, 5.41) is 0.832. The minimum absolute atomic E-state index is 0.0988. The number of nitrogens with zero attached hydrogens (tertiary/aromatic N) is 1. The van der Waals surface area contributed by atoms with Crippen molar-refractivity contribution in [1.82, 2.24) is 4.57 Å². The molecule has 0 saturated carbocycles. The molecule has 0 unspecified atom stereocenters. The molecule has 0 atom stereocenters. The van der Waals surface area contributed by atoms with E-state index in [1.807, 2.05) is 12.1 Å². The second-order valence-electron chi connectivity index (χ2n) is 2.86. The third-order valence-electron chi connectivity index (χ3n) is 2.01. The monoisotopic (exact) mass is 257 g/mol. The van der Waals surface area contributed by atoms with Gasteiger partial charge in [-0.05, 0) is 17.7 Å². The number of thiazole rings is 1. The summed E-state index contributed by atoms with van der Waals surface area (Å²) in [5.74, 6) is 0. The summed E-state index contributed by atoms with van der Waals surface area (Å²) in [5.41, 5.74) is 2.22. The highest BCUT2D eigenvalue weighted by atomic mass is 79.9. The van der Waals surface area contributed by atoms with Gasteiger partial charge in [0, 0.05) is 12.4 Å². The highest BCUT2D eigenvalue weighted by Crippen LogP contribution is 2.19. The molecule has 0 bridgehead atoms. The lowest BCUT2D eigenvalue weighted by Crippen LogP contribution is -2.06. The van der Waals surface area contributed by atoms with E-state index in [1.54, 1.807) is 11.6 Å². The first kappa shape index (κ1) is 8.97. The molecular weight excluding hydrogens is 250 g/mol. The SMILES string of the molecule is Cn1c(=O)sc2cc(CBr)ccc21. The van der Waals surface area contributed by atoms with Crippen LogP contribution in [0.4, 0.5) is 0 Å². The highest BCUT2D eigenvalue weighted by Gasteiger charge is 2.03. The zero-order valence-electron chi connectivity index (χ0n) is 7.08. The van der Waals surface area contributed by atoms with Crippen molar-refractivity contribution in [2.75, 3.05) is 0 Å². The first-order valence-electron chi connectivity index (χ1n) is 3.87. The zero-order valence-corrected chi connectivity index (χ0v) is 9.48. The van der Waals surface area contributed by atoms with Crippen LogP contribution < -0.4 is 4.87 Å². The maximum atomic E-state index is 11.3. The molecule has 0 fully saturated rings. The molecule has 2 rings (SSSR count). The number of rotatable bonds is 1. The van der Waals surface area contributed by atoms with Crippen LogP contribution in [-0.2, 0) is 12.4 Å². The Labute approximate surface area is 87.9 Å². The maximum Gasteiger partial charge on any atom is 0.307 e. The van der Waals surface area contributed by atoms with Gasteiger partial charge in [0.15, 0.2) is 0 Å². The topological polar surface area (TPSA) is 22.0 Å². The van der Waals surface area contributed by atoms with Crippen LogP contribution in [0.2, 0.25) is 0 Å². The largest absolute Gasteiger partial charge is 0.307 e. The number of hydrogen-bond donors (Lipinski definition) is 0. The van der Waals surface area contributed by atoms with Crippen molar-refractivity contribution >= 4 is 37.5 Å². The van der Waals surface area contributed by atoms with E-state index in [-0.39, 0.29) is 4.87 Å². The number of benzene rings is 1. The predicted octanol–water partition coefficient (Wildman–Crippen LogP) is 2.49. The normalized spacial score (nSPS) is 10.9. The molecule has 2 nitrogen and oxygen atoms in total.